The maximum atomic E-state index is 13.2. The van der Waals surface area contributed by atoms with E-state index in [0.29, 0.717) is 36.0 Å². The van der Waals surface area contributed by atoms with Crippen LogP contribution in [-0.4, -0.2) is 58.3 Å². The van der Waals surface area contributed by atoms with Crippen molar-refractivity contribution < 1.29 is 14.3 Å². The van der Waals surface area contributed by atoms with E-state index >= 15 is 0 Å². The number of rotatable bonds is 7. The number of ether oxygens (including phenoxy) is 1. The van der Waals surface area contributed by atoms with Crippen LogP contribution in [0.25, 0.3) is 0 Å². The fourth-order valence-electron chi connectivity index (χ4n) is 3.62. The first-order chi connectivity index (χ1) is 15.2. The normalized spacial score (nSPS) is 18.7. The molecule has 0 aliphatic carbocycles. The molecule has 9 heteroatoms. The number of amides is 1. The molecule has 1 aliphatic heterocycles. The van der Waals surface area contributed by atoms with Gasteiger partial charge in [-0.2, -0.15) is 5.10 Å². The van der Waals surface area contributed by atoms with Crippen molar-refractivity contribution in [1.29, 1.82) is 0 Å². The van der Waals surface area contributed by atoms with Gasteiger partial charge in [-0.15, -0.1) is 5.10 Å². The minimum absolute atomic E-state index is 0.0675. The average molecular weight is 460 g/mol. The monoisotopic (exact) mass is 459 g/mol. The Kier molecular flexibility index (Phi) is 7.90. The minimum atomic E-state index is -0.634. The van der Waals surface area contributed by atoms with E-state index in [4.69, 9.17) is 16.3 Å². The summed E-state index contributed by atoms with van der Waals surface area (Å²) in [5.74, 6) is 0.801. The van der Waals surface area contributed by atoms with Gasteiger partial charge in [0.25, 0.3) is 0 Å². The molecule has 0 radical (unpaired) electrons. The highest BCUT2D eigenvalue weighted by Crippen LogP contribution is 2.27. The Labute approximate surface area is 193 Å². The third-order valence-corrected chi connectivity index (χ3v) is 5.51. The van der Waals surface area contributed by atoms with Gasteiger partial charge in [-0.1, -0.05) is 23.7 Å². The smallest absolute Gasteiger partial charge is 0.410 e. The van der Waals surface area contributed by atoms with Crippen molar-refractivity contribution in [2.24, 2.45) is 5.92 Å². The summed E-state index contributed by atoms with van der Waals surface area (Å²) >= 11 is 6.19. The summed E-state index contributed by atoms with van der Waals surface area (Å²) < 4.78 is 5.56. The van der Waals surface area contributed by atoms with E-state index in [2.05, 4.69) is 20.8 Å². The first kappa shape index (κ1) is 23.8. The van der Waals surface area contributed by atoms with E-state index in [1.54, 1.807) is 17.2 Å². The molecule has 3 rings (SSSR count). The van der Waals surface area contributed by atoms with Crippen LogP contribution in [0.15, 0.2) is 42.6 Å². The number of para-hydroxylation sites is 1. The number of likely N-dealkylation sites (tertiary alicyclic amines) is 1. The zero-order chi connectivity index (χ0) is 23.1. The van der Waals surface area contributed by atoms with Crippen molar-refractivity contribution in [3.05, 3.63) is 47.6 Å². The summed E-state index contributed by atoms with van der Waals surface area (Å²) in [6.07, 6.45) is 2.45. The lowest BCUT2D eigenvalue weighted by molar-refractivity contribution is -0.124. The number of carbonyl (C=O) groups excluding carboxylic acids is 2. The first-order valence-corrected chi connectivity index (χ1v) is 11.1. The number of nitrogens with zero attached hydrogens (tertiary/aromatic N) is 3. The number of hydrogen-bond acceptors (Lipinski definition) is 7. The van der Waals surface area contributed by atoms with Crippen LogP contribution in [0.2, 0.25) is 5.02 Å². The second-order valence-corrected chi connectivity index (χ2v) is 9.28. The Morgan fingerprint density at radius 2 is 1.97 bits per heavy atom. The van der Waals surface area contributed by atoms with E-state index < -0.39 is 17.7 Å². The Morgan fingerprint density at radius 3 is 2.66 bits per heavy atom. The van der Waals surface area contributed by atoms with Gasteiger partial charge in [0.15, 0.2) is 5.78 Å². The molecule has 1 aromatic carbocycles. The lowest BCUT2D eigenvalue weighted by Gasteiger charge is -2.39. The number of anilines is 2. The zero-order valence-corrected chi connectivity index (χ0v) is 19.4. The lowest BCUT2D eigenvalue weighted by atomic mass is 9.88. The van der Waals surface area contributed by atoms with Crippen molar-refractivity contribution >= 4 is 35.0 Å². The van der Waals surface area contributed by atoms with Crippen LogP contribution >= 0.6 is 11.6 Å². The number of ketones is 1. The molecule has 0 bridgehead atoms. The number of piperidine rings is 1. The topological polar surface area (TPSA) is 96.4 Å². The van der Waals surface area contributed by atoms with Gasteiger partial charge in [0.05, 0.1) is 23.3 Å². The van der Waals surface area contributed by atoms with Crippen LogP contribution in [0.3, 0.4) is 0 Å². The fourth-order valence-corrected chi connectivity index (χ4v) is 3.82. The van der Waals surface area contributed by atoms with Crippen molar-refractivity contribution in [2.75, 3.05) is 30.3 Å². The van der Waals surface area contributed by atoms with E-state index in [1.807, 2.05) is 51.1 Å². The van der Waals surface area contributed by atoms with E-state index in [9.17, 15) is 9.59 Å². The molecule has 32 heavy (non-hydrogen) atoms. The molecular weight excluding hydrogens is 430 g/mol. The summed E-state index contributed by atoms with van der Waals surface area (Å²) in [4.78, 5) is 27.6. The number of aromatic nitrogens is 2. The number of hydrogen-bond donors (Lipinski definition) is 2. The molecule has 2 heterocycles. The number of carbonyl (C=O) groups is 2. The summed E-state index contributed by atoms with van der Waals surface area (Å²) in [5, 5.41) is 14.8. The van der Waals surface area contributed by atoms with Gasteiger partial charge in [0.1, 0.15) is 11.4 Å². The fraction of sp³-hybridized carbons (Fsp3) is 0.478. The average Bonchev–Trinajstić information content (AvgIpc) is 2.76. The van der Waals surface area contributed by atoms with E-state index in [0.717, 1.165) is 6.42 Å². The number of nitrogens with one attached hydrogen (secondary N) is 2. The third-order valence-electron chi connectivity index (χ3n) is 5.18. The van der Waals surface area contributed by atoms with Crippen molar-refractivity contribution in [2.45, 2.75) is 45.3 Å². The molecule has 8 nitrogen and oxygen atoms in total. The first-order valence-electron chi connectivity index (χ1n) is 10.8. The third kappa shape index (κ3) is 6.82. The lowest BCUT2D eigenvalue weighted by Crippen LogP contribution is -2.53. The molecular formula is C23H30ClN5O3. The predicted molar refractivity (Wildman–Crippen MR) is 125 cm³/mol. The molecule has 172 valence electrons. The molecule has 2 atom stereocenters. The molecule has 2 N–H and O–H groups in total. The highest BCUT2D eigenvalue weighted by atomic mass is 35.5. The quantitative estimate of drug-likeness (QED) is 0.639. The molecule has 0 saturated carbocycles. The van der Waals surface area contributed by atoms with E-state index in [-0.39, 0.29) is 18.2 Å². The van der Waals surface area contributed by atoms with Gasteiger partial charge < -0.3 is 15.4 Å². The van der Waals surface area contributed by atoms with Crippen LogP contribution in [0, 0.1) is 5.92 Å². The second-order valence-electron chi connectivity index (χ2n) is 8.87. The van der Waals surface area contributed by atoms with Crippen LogP contribution in [0.4, 0.5) is 16.3 Å². The number of Topliss-reactive ketones (excluding diaryl/α,β-unsaturated/α-hetero) is 1. The number of benzene rings is 1. The summed E-state index contributed by atoms with van der Waals surface area (Å²) in [6.45, 7) is 6.61. The van der Waals surface area contributed by atoms with Gasteiger partial charge in [-0.3, -0.25) is 9.69 Å². The van der Waals surface area contributed by atoms with Crippen LogP contribution in [0.5, 0.6) is 0 Å². The molecule has 1 saturated heterocycles. The molecule has 0 spiro atoms. The zero-order valence-electron chi connectivity index (χ0n) is 18.7. The van der Waals surface area contributed by atoms with Crippen molar-refractivity contribution in [3.63, 3.8) is 0 Å². The van der Waals surface area contributed by atoms with Crippen molar-refractivity contribution in [1.82, 2.24) is 15.1 Å². The van der Waals surface area contributed by atoms with Gasteiger partial charge in [0, 0.05) is 19.3 Å². The van der Waals surface area contributed by atoms with Gasteiger partial charge >= 0.3 is 6.09 Å². The number of halogens is 1. The van der Waals surface area contributed by atoms with Crippen LogP contribution < -0.4 is 10.6 Å². The second kappa shape index (κ2) is 10.6. The van der Waals surface area contributed by atoms with Gasteiger partial charge in [-0.05, 0) is 63.8 Å². The summed E-state index contributed by atoms with van der Waals surface area (Å²) in [5.41, 5.74) is 0.0493. The highest BCUT2D eigenvalue weighted by molar-refractivity contribution is 6.33. The maximum Gasteiger partial charge on any atom is 0.410 e. The van der Waals surface area contributed by atoms with Crippen LogP contribution in [0.1, 0.15) is 33.6 Å². The molecule has 2 unspecified atom stereocenters. The Balaban J connectivity index is 1.67. The molecule has 2 aromatic rings. The summed E-state index contributed by atoms with van der Waals surface area (Å²) in [6, 6.07) is 10.3. The summed E-state index contributed by atoms with van der Waals surface area (Å²) in [7, 11) is 0. The van der Waals surface area contributed by atoms with Crippen LogP contribution in [-0.2, 0) is 9.53 Å². The largest absolute Gasteiger partial charge is 0.444 e. The molecule has 1 aliphatic rings. The molecule has 1 amide bonds. The van der Waals surface area contributed by atoms with E-state index in [1.165, 1.54) is 0 Å². The van der Waals surface area contributed by atoms with Gasteiger partial charge in [-0.25, -0.2) is 4.79 Å². The molecule has 1 aromatic heterocycles. The minimum Gasteiger partial charge on any atom is -0.444 e. The Morgan fingerprint density at radius 1 is 1.19 bits per heavy atom. The Bertz CT molecular complexity index is 919. The maximum absolute atomic E-state index is 13.2. The van der Waals surface area contributed by atoms with Gasteiger partial charge in [0.2, 0.25) is 0 Å². The SMILES string of the molecule is CC(C)(C)OC(=O)N1CCC(CNc2cccnn2)CC1C(=O)CNc1ccccc1Cl. The predicted octanol–water partition coefficient (Wildman–Crippen LogP) is 4.24. The highest BCUT2D eigenvalue weighted by Gasteiger charge is 2.37. The Hall–Kier alpha value is -2.87. The molecule has 1 fully saturated rings. The van der Waals surface area contributed by atoms with Crippen molar-refractivity contribution in [3.8, 4) is 0 Å². The standard InChI is InChI=1S/C23H30ClN5O3/c1-23(2,3)32-22(31)29-12-10-16(14-26-21-9-6-11-27-28-21)13-19(29)20(30)15-25-18-8-5-4-7-17(18)24/h4-9,11,16,19,25H,10,12-15H2,1-3H3,(H,26,28).